The molecule has 2 rings (SSSR count). The van der Waals surface area contributed by atoms with Crippen LogP contribution in [0.25, 0.3) is 0 Å². The zero-order valence-corrected chi connectivity index (χ0v) is 7.71. The predicted octanol–water partition coefficient (Wildman–Crippen LogP) is 2.92. The van der Waals surface area contributed by atoms with Crippen molar-refractivity contribution in [1.29, 1.82) is 0 Å². The van der Waals surface area contributed by atoms with Gasteiger partial charge < -0.3 is 5.11 Å². The molecule has 1 aliphatic carbocycles. The number of hydrogen-bond acceptors (Lipinski definition) is 1. The largest absolute Gasteiger partial charge is 0.478 e. The highest BCUT2D eigenvalue weighted by Crippen LogP contribution is 2.40. The number of rotatable bonds is 2. The maximum Gasteiger partial charge on any atom is 0.337 e. The summed E-state index contributed by atoms with van der Waals surface area (Å²) in [5, 5.41) is 9.12. The van der Waals surface area contributed by atoms with Crippen LogP contribution in [0.5, 0.6) is 0 Å². The SMILES string of the molecule is O=C(O)c1cc(C2CC2)ccc1Cl. The molecule has 1 aliphatic rings. The van der Waals surface area contributed by atoms with E-state index < -0.39 is 5.97 Å². The first-order valence-corrected chi connectivity index (χ1v) is 4.59. The van der Waals surface area contributed by atoms with Crippen molar-refractivity contribution in [3.63, 3.8) is 0 Å². The lowest BCUT2D eigenvalue weighted by Gasteiger charge is -2.02. The van der Waals surface area contributed by atoms with Crippen molar-refractivity contribution in [3.8, 4) is 0 Å². The number of hydrogen-bond donors (Lipinski definition) is 1. The number of halogens is 1. The van der Waals surface area contributed by atoms with Gasteiger partial charge in [0.05, 0.1) is 10.6 Å². The van der Waals surface area contributed by atoms with Crippen molar-refractivity contribution >= 4 is 17.6 Å². The highest BCUT2D eigenvalue weighted by molar-refractivity contribution is 6.33. The lowest BCUT2D eigenvalue weighted by Crippen LogP contribution is -1.98. The van der Waals surface area contributed by atoms with Crippen molar-refractivity contribution in [2.24, 2.45) is 0 Å². The molecule has 0 amide bonds. The van der Waals surface area contributed by atoms with Gasteiger partial charge in [-0.1, -0.05) is 17.7 Å². The Kier molecular flexibility index (Phi) is 2.00. The van der Waals surface area contributed by atoms with Crippen LogP contribution in [-0.4, -0.2) is 11.1 Å². The van der Waals surface area contributed by atoms with Crippen molar-refractivity contribution in [3.05, 3.63) is 34.3 Å². The molecule has 0 heterocycles. The second-order valence-corrected chi connectivity index (χ2v) is 3.73. The van der Waals surface area contributed by atoms with E-state index >= 15 is 0 Å². The van der Waals surface area contributed by atoms with Crippen LogP contribution in [0.1, 0.15) is 34.7 Å². The van der Waals surface area contributed by atoms with Gasteiger partial charge in [-0.2, -0.15) is 0 Å². The van der Waals surface area contributed by atoms with Gasteiger partial charge in [0.1, 0.15) is 0 Å². The molecule has 0 bridgehead atoms. The van der Waals surface area contributed by atoms with Gasteiger partial charge in [-0.25, -0.2) is 4.79 Å². The first-order valence-electron chi connectivity index (χ1n) is 4.21. The van der Waals surface area contributed by atoms with Crippen LogP contribution in [0.4, 0.5) is 0 Å². The maximum absolute atomic E-state index is 10.7. The Morgan fingerprint density at radius 2 is 2.15 bits per heavy atom. The standard InChI is InChI=1S/C10H9ClO2/c11-9-4-3-7(6-1-2-6)5-8(9)10(12)13/h3-6H,1-2H2,(H,12,13). The maximum atomic E-state index is 10.7. The summed E-state index contributed by atoms with van der Waals surface area (Å²) in [5.41, 5.74) is 1.31. The summed E-state index contributed by atoms with van der Waals surface area (Å²) in [6.45, 7) is 0. The van der Waals surface area contributed by atoms with Crippen LogP contribution < -0.4 is 0 Å². The monoisotopic (exact) mass is 196 g/mol. The van der Waals surface area contributed by atoms with Crippen molar-refractivity contribution < 1.29 is 9.90 Å². The Morgan fingerprint density at radius 3 is 2.69 bits per heavy atom. The summed E-state index contributed by atoms with van der Waals surface area (Å²) in [4.78, 5) is 10.7. The summed E-state index contributed by atoms with van der Waals surface area (Å²) in [5.74, 6) is -0.386. The summed E-state index contributed by atoms with van der Waals surface area (Å²) in [6.07, 6.45) is 2.33. The van der Waals surface area contributed by atoms with Crippen LogP contribution in [0.15, 0.2) is 18.2 Å². The molecular weight excluding hydrogens is 188 g/mol. The van der Waals surface area contributed by atoms with Crippen LogP contribution >= 0.6 is 11.6 Å². The molecule has 1 aromatic rings. The van der Waals surface area contributed by atoms with E-state index in [1.165, 1.54) is 12.8 Å². The molecule has 0 atom stereocenters. The zero-order chi connectivity index (χ0) is 9.42. The van der Waals surface area contributed by atoms with E-state index in [1.807, 2.05) is 6.07 Å². The van der Waals surface area contributed by atoms with Crippen molar-refractivity contribution in [2.45, 2.75) is 18.8 Å². The second-order valence-electron chi connectivity index (χ2n) is 3.32. The molecule has 0 saturated heterocycles. The van der Waals surface area contributed by atoms with E-state index in [1.54, 1.807) is 12.1 Å². The van der Waals surface area contributed by atoms with Crippen molar-refractivity contribution in [2.75, 3.05) is 0 Å². The number of carboxylic acids is 1. The van der Waals surface area contributed by atoms with E-state index in [0.29, 0.717) is 10.9 Å². The molecule has 1 fully saturated rings. The number of carbonyl (C=O) groups is 1. The average Bonchev–Trinajstić information content (AvgIpc) is 2.87. The number of benzene rings is 1. The fraction of sp³-hybridized carbons (Fsp3) is 0.300. The quantitative estimate of drug-likeness (QED) is 0.790. The van der Waals surface area contributed by atoms with Gasteiger partial charge in [-0.05, 0) is 36.5 Å². The van der Waals surface area contributed by atoms with E-state index in [0.717, 1.165) is 5.56 Å². The third-order valence-electron chi connectivity index (χ3n) is 2.27. The molecule has 1 aromatic carbocycles. The molecule has 13 heavy (non-hydrogen) atoms. The molecule has 0 spiro atoms. The van der Waals surface area contributed by atoms with Gasteiger partial charge in [-0.3, -0.25) is 0 Å². The Morgan fingerprint density at radius 1 is 1.46 bits per heavy atom. The summed E-state index contributed by atoms with van der Waals surface area (Å²) in [6, 6.07) is 5.26. The first-order chi connectivity index (χ1) is 6.18. The zero-order valence-electron chi connectivity index (χ0n) is 6.96. The van der Waals surface area contributed by atoms with Crippen LogP contribution in [0.3, 0.4) is 0 Å². The van der Waals surface area contributed by atoms with Crippen LogP contribution in [0, 0.1) is 0 Å². The van der Waals surface area contributed by atoms with Gasteiger partial charge in [0.2, 0.25) is 0 Å². The Hall–Kier alpha value is -1.02. The molecule has 0 radical (unpaired) electrons. The third kappa shape index (κ3) is 1.68. The Bertz CT molecular complexity index is 356. The molecule has 3 heteroatoms. The molecule has 1 N–H and O–H groups in total. The summed E-state index contributed by atoms with van der Waals surface area (Å²) < 4.78 is 0. The minimum atomic E-state index is -0.951. The second kappa shape index (κ2) is 3.04. The normalized spacial score (nSPS) is 15.8. The summed E-state index contributed by atoms with van der Waals surface area (Å²) >= 11 is 5.74. The summed E-state index contributed by atoms with van der Waals surface area (Å²) in [7, 11) is 0. The minimum absolute atomic E-state index is 0.214. The van der Waals surface area contributed by atoms with Crippen molar-refractivity contribution in [1.82, 2.24) is 0 Å². The molecule has 1 saturated carbocycles. The third-order valence-corrected chi connectivity index (χ3v) is 2.60. The molecule has 0 unspecified atom stereocenters. The number of aromatic carboxylic acids is 1. The molecular formula is C10H9ClO2. The van der Waals surface area contributed by atoms with Gasteiger partial charge in [0.25, 0.3) is 0 Å². The molecule has 2 nitrogen and oxygen atoms in total. The van der Waals surface area contributed by atoms with Gasteiger partial charge in [-0.15, -0.1) is 0 Å². The molecule has 0 aromatic heterocycles. The topological polar surface area (TPSA) is 37.3 Å². The van der Waals surface area contributed by atoms with Crippen LogP contribution in [0.2, 0.25) is 5.02 Å². The number of carboxylic acid groups (broad SMARTS) is 1. The van der Waals surface area contributed by atoms with E-state index in [9.17, 15) is 4.79 Å². The average molecular weight is 197 g/mol. The lowest BCUT2D eigenvalue weighted by molar-refractivity contribution is 0.0697. The van der Waals surface area contributed by atoms with Gasteiger partial charge in [0.15, 0.2) is 0 Å². The lowest BCUT2D eigenvalue weighted by atomic mass is 10.1. The Balaban J connectivity index is 2.41. The highest BCUT2D eigenvalue weighted by Gasteiger charge is 2.24. The Labute approximate surface area is 81.1 Å². The molecule has 0 aliphatic heterocycles. The highest BCUT2D eigenvalue weighted by atomic mass is 35.5. The fourth-order valence-electron chi connectivity index (χ4n) is 1.38. The van der Waals surface area contributed by atoms with E-state index in [2.05, 4.69) is 0 Å². The minimum Gasteiger partial charge on any atom is -0.478 e. The first kappa shape index (κ1) is 8.57. The van der Waals surface area contributed by atoms with E-state index in [4.69, 9.17) is 16.7 Å². The predicted molar refractivity (Wildman–Crippen MR) is 50.4 cm³/mol. The molecule has 68 valence electrons. The smallest absolute Gasteiger partial charge is 0.337 e. The van der Waals surface area contributed by atoms with Crippen LogP contribution in [-0.2, 0) is 0 Å². The van der Waals surface area contributed by atoms with Gasteiger partial charge in [0, 0.05) is 0 Å². The fourth-order valence-corrected chi connectivity index (χ4v) is 1.58. The van der Waals surface area contributed by atoms with E-state index in [-0.39, 0.29) is 5.56 Å². The van der Waals surface area contributed by atoms with Gasteiger partial charge >= 0.3 is 5.97 Å².